The van der Waals surface area contributed by atoms with E-state index in [9.17, 15) is 0 Å². The number of aryl methyl sites for hydroxylation is 1. The highest BCUT2D eigenvalue weighted by Gasteiger charge is 2.42. The van der Waals surface area contributed by atoms with E-state index in [1.165, 1.54) is 61.5 Å². The first-order chi connectivity index (χ1) is 12.7. The maximum atomic E-state index is 6.24. The van der Waals surface area contributed by atoms with Crippen LogP contribution in [0.5, 0.6) is 0 Å². The molecule has 26 heavy (non-hydrogen) atoms. The molecular formula is C22H31N3O. The summed E-state index contributed by atoms with van der Waals surface area (Å²) in [6, 6.07) is 7.97. The molecule has 0 unspecified atom stereocenters. The van der Waals surface area contributed by atoms with Crippen molar-refractivity contribution in [1.82, 2.24) is 14.7 Å². The number of piperidine rings is 1. The van der Waals surface area contributed by atoms with Gasteiger partial charge in [0, 0.05) is 30.6 Å². The second kappa shape index (κ2) is 6.65. The average Bonchev–Trinajstić information content (AvgIpc) is 3.29. The number of nitrogens with zero attached hydrogens (tertiary/aromatic N) is 3. The average molecular weight is 354 g/mol. The summed E-state index contributed by atoms with van der Waals surface area (Å²) in [7, 11) is 0. The molecule has 0 spiro atoms. The zero-order valence-electron chi connectivity index (χ0n) is 16.1. The van der Waals surface area contributed by atoms with E-state index in [0.717, 1.165) is 18.6 Å². The number of hydrogen-bond acceptors (Lipinski definition) is 3. The van der Waals surface area contributed by atoms with Crippen molar-refractivity contribution in [2.45, 2.75) is 83.2 Å². The molecule has 1 aromatic carbocycles. The van der Waals surface area contributed by atoms with Gasteiger partial charge in [-0.1, -0.05) is 25.1 Å². The molecule has 5 rings (SSSR count). The maximum Gasteiger partial charge on any atom is 0.0711 e. The Morgan fingerprint density at radius 1 is 1.08 bits per heavy atom. The lowest BCUT2D eigenvalue weighted by Crippen LogP contribution is -2.47. The Morgan fingerprint density at radius 2 is 1.85 bits per heavy atom. The van der Waals surface area contributed by atoms with Crippen LogP contribution in [0.4, 0.5) is 0 Å². The molecule has 1 aliphatic carbocycles. The lowest BCUT2D eigenvalue weighted by atomic mass is 9.98. The van der Waals surface area contributed by atoms with E-state index < -0.39 is 0 Å². The number of rotatable bonds is 6. The molecule has 1 aromatic heterocycles. The highest BCUT2D eigenvalue weighted by Crippen LogP contribution is 2.39. The molecule has 4 heteroatoms. The predicted octanol–water partition coefficient (Wildman–Crippen LogP) is 4.16. The van der Waals surface area contributed by atoms with Crippen LogP contribution in [0.15, 0.2) is 24.4 Å². The minimum atomic E-state index is 0.532. The molecule has 140 valence electrons. The Balaban J connectivity index is 1.23. The van der Waals surface area contributed by atoms with Crippen LogP contribution in [0.3, 0.4) is 0 Å². The fraction of sp³-hybridized carbons (Fsp3) is 0.682. The van der Waals surface area contributed by atoms with Crippen LogP contribution in [0, 0.1) is 12.8 Å². The van der Waals surface area contributed by atoms with E-state index in [1.54, 1.807) is 0 Å². The van der Waals surface area contributed by atoms with E-state index >= 15 is 0 Å². The summed E-state index contributed by atoms with van der Waals surface area (Å²) in [5, 5.41) is 5.93. The first-order valence-electron chi connectivity index (χ1n) is 10.5. The zero-order valence-corrected chi connectivity index (χ0v) is 16.1. The number of fused-ring (bicyclic) bond motifs is 3. The molecular weight excluding hydrogens is 322 g/mol. The van der Waals surface area contributed by atoms with Crippen molar-refractivity contribution in [2.24, 2.45) is 5.92 Å². The Bertz CT molecular complexity index is 767. The van der Waals surface area contributed by atoms with E-state index in [0.29, 0.717) is 18.1 Å². The van der Waals surface area contributed by atoms with Gasteiger partial charge in [-0.3, -0.25) is 9.58 Å². The van der Waals surface area contributed by atoms with Gasteiger partial charge in [0.1, 0.15) is 0 Å². The number of ether oxygens (including phenoxy) is 1. The summed E-state index contributed by atoms with van der Waals surface area (Å²) < 4.78 is 8.46. The van der Waals surface area contributed by atoms with Crippen LogP contribution >= 0.6 is 0 Å². The Labute approximate surface area is 156 Å². The summed E-state index contributed by atoms with van der Waals surface area (Å²) in [4.78, 5) is 2.80. The van der Waals surface area contributed by atoms with E-state index in [2.05, 4.69) is 46.7 Å². The van der Waals surface area contributed by atoms with Crippen molar-refractivity contribution in [1.29, 1.82) is 0 Å². The van der Waals surface area contributed by atoms with Gasteiger partial charge in [-0.25, -0.2) is 0 Å². The van der Waals surface area contributed by atoms with Crippen LogP contribution in [-0.4, -0.2) is 45.5 Å². The summed E-state index contributed by atoms with van der Waals surface area (Å²) in [5.74, 6) is 0.613. The Hall–Kier alpha value is -1.39. The van der Waals surface area contributed by atoms with Crippen molar-refractivity contribution >= 4 is 10.9 Å². The zero-order chi connectivity index (χ0) is 17.7. The van der Waals surface area contributed by atoms with Crippen LogP contribution < -0.4 is 0 Å². The third kappa shape index (κ3) is 3.18. The van der Waals surface area contributed by atoms with Crippen molar-refractivity contribution in [2.75, 3.05) is 6.54 Å². The summed E-state index contributed by atoms with van der Waals surface area (Å²) in [6.07, 6.45) is 11.0. The van der Waals surface area contributed by atoms with Crippen LogP contribution in [0.1, 0.15) is 51.0 Å². The quantitative estimate of drug-likeness (QED) is 0.781. The molecule has 1 saturated carbocycles. The summed E-state index contributed by atoms with van der Waals surface area (Å²) in [6.45, 7) is 6.78. The number of para-hydroxylation sites is 1. The Morgan fingerprint density at radius 3 is 2.58 bits per heavy atom. The molecule has 2 saturated heterocycles. The van der Waals surface area contributed by atoms with Crippen molar-refractivity contribution in [3.05, 3.63) is 30.0 Å². The predicted molar refractivity (Wildman–Crippen MR) is 104 cm³/mol. The minimum Gasteiger partial charge on any atom is -0.375 e. The van der Waals surface area contributed by atoms with Gasteiger partial charge in [0.15, 0.2) is 0 Å². The number of benzene rings is 1. The fourth-order valence-electron chi connectivity index (χ4n) is 5.29. The SMILES string of the molecule is Cc1cccc2cnn(C[C@H](C)CN3[C@H]4CC[C@H]3CC(OC3CC3)C4)c12. The van der Waals surface area contributed by atoms with Crippen LogP contribution in [-0.2, 0) is 11.3 Å². The second-order valence-electron chi connectivity index (χ2n) is 8.96. The minimum absolute atomic E-state index is 0.532. The van der Waals surface area contributed by atoms with Crippen LogP contribution in [0.25, 0.3) is 10.9 Å². The molecule has 4 nitrogen and oxygen atoms in total. The Kier molecular flexibility index (Phi) is 4.29. The van der Waals surface area contributed by atoms with E-state index in [1.807, 2.05) is 6.20 Å². The highest BCUT2D eigenvalue weighted by molar-refractivity contribution is 5.81. The molecule has 0 N–H and O–H groups in total. The van der Waals surface area contributed by atoms with Crippen molar-refractivity contribution in [3.8, 4) is 0 Å². The van der Waals surface area contributed by atoms with Gasteiger partial charge in [-0.15, -0.1) is 0 Å². The van der Waals surface area contributed by atoms with Gasteiger partial charge in [-0.05, 0) is 56.9 Å². The monoisotopic (exact) mass is 353 g/mol. The maximum absolute atomic E-state index is 6.24. The first kappa shape index (κ1) is 16.8. The van der Waals surface area contributed by atoms with Gasteiger partial charge in [-0.2, -0.15) is 5.10 Å². The highest BCUT2D eigenvalue weighted by atomic mass is 16.5. The molecule has 2 aliphatic heterocycles. The second-order valence-corrected chi connectivity index (χ2v) is 8.96. The van der Waals surface area contributed by atoms with Gasteiger partial charge in [0.2, 0.25) is 0 Å². The van der Waals surface area contributed by atoms with Crippen molar-refractivity contribution < 1.29 is 4.74 Å². The molecule has 3 heterocycles. The summed E-state index contributed by atoms with van der Waals surface area (Å²) >= 11 is 0. The van der Waals surface area contributed by atoms with E-state index in [-0.39, 0.29) is 0 Å². The lowest BCUT2D eigenvalue weighted by Gasteiger charge is -2.40. The van der Waals surface area contributed by atoms with Gasteiger partial charge < -0.3 is 4.74 Å². The van der Waals surface area contributed by atoms with Crippen LogP contribution in [0.2, 0.25) is 0 Å². The topological polar surface area (TPSA) is 30.3 Å². The molecule has 2 bridgehead atoms. The largest absolute Gasteiger partial charge is 0.375 e. The fourth-order valence-corrected chi connectivity index (χ4v) is 5.29. The van der Waals surface area contributed by atoms with Crippen molar-refractivity contribution in [3.63, 3.8) is 0 Å². The smallest absolute Gasteiger partial charge is 0.0711 e. The third-order valence-electron chi connectivity index (χ3n) is 6.62. The molecule has 3 fully saturated rings. The lowest BCUT2D eigenvalue weighted by molar-refractivity contribution is -0.0319. The normalized spacial score (nSPS) is 30.2. The van der Waals surface area contributed by atoms with Gasteiger partial charge in [0.25, 0.3) is 0 Å². The number of aromatic nitrogens is 2. The molecule has 3 aliphatic rings. The summed E-state index contributed by atoms with van der Waals surface area (Å²) in [5.41, 5.74) is 2.63. The molecule has 0 amide bonds. The third-order valence-corrected chi connectivity index (χ3v) is 6.62. The standard InChI is InChI=1S/C22H31N3O/c1-15(14-25-22-16(2)4-3-5-17(22)12-23-25)13-24-18-6-7-19(24)11-21(10-18)26-20-8-9-20/h3-5,12,15,18-21H,6-11,13-14H2,1-2H3/t15-,18+,19+/m1/s1. The molecule has 2 aromatic rings. The van der Waals surface area contributed by atoms with Gasteiger partial charge >= 0.3 is 0 Å². The number of hydrogen-bond donors (Lipinski definition) is 0. The molecule has 3 atom stereocenters. The first-order valence-corrected chi connectivity index (χ1v) is 10.5. The molecule has 0 radical (unpaired) electrons. The van der Waals surface area contributed by atoms with E-state index in [4.69, 9.17) is 4.74 Å². The van der Waals surface area contributed by atoms with Gasteiger partial charge in [0.05, 0.1) is 23.9 Å².